The van der Waals surface area contributed by atoms with Crippen LogP contribution in [0.25, 0.3) is 0 Å². The van der Waals surface area contributed by atoms with Crippen molar-refractivity contribution in [1.82, 2.24) is 25.2 Å². The lowest BCUT2D eigenvalue weighted by molar-refractivity contribution is -0.141. The van der Waals surface area contributed by atoms with Crippen LogP contribution in [-0.4, -0.2) is 90.3 Å². The van der Waals surface area contributed by atoms with E-state index in [2.05, 4.69) is 21.4 Å². The summed E-state index contributed by atoms with van der Waals surface area (Å²) >= 11 is 0. The number of amides is 5. The van der Waals surface area contributed by atoms with Crippen LogP contribution in [0.5, 0.6) is 0 Å². The van der Waals surface area contributed by atoms with Crippen LogP contribution in [0.3, 0.4) is 0 Å². The minimum atomic E-state index is -3.86. The monoisotopic (exact) mass is 729 g/mol. The Hall–Kier alpha value is -3.88. The number of nitrogens with one attached hydrogen (secondary N) is 3. The highest BCUT2D eigenvalue weighted by molar-refractivity contribution is 7.91. The molecule has 1 aromatic rings. The second kappa shape index (κ2) is 15.4. The Morgan fingerprint density at radius 3 is 2.53 bits per heavy atom. The van der Waals surface area contributed by atoms with Crippen molar-refractivity contribution in [2.45, 2.75) is 139 Å². The molecule has 14 nitrogen and oxygen atoms in total. The summed E-state index contributed by atoms with van der Waals surface area (Å²) in [4.78, 5) is 71.2. The lowest BCUT2D eigenvalue weighted by Crippen LogP contribution is -2.58. The van der Waals surface area contributed by atoms with Gasteiger partial charge in [-0.25, -0.2) is 18.0 Å². The molecule has 1 saturated heterocycles. The molecule has 2 saturated carbocycles. The van der Waals surface area contributed by atoms with Crippen LogP contribution in [0.2, 0.25) is 0 Å². The SMILES string of the molecule is CCCC[C@@H]1NC(=O)OCCCCCCc2cccc3c2CN(C3)C(=O)O[C@@H]2C[C@@H](C(=O)N[C@]3(C(=O)NS(=O)(=O)C4CC4)C[C@H]3CC)N(C2)C1=O. The number of benzene rings is 1. The summed E-state index contributed by atoms with van der Waals surface area (Å²) in [6.07, 6.45) is 5.59. The Labute approximate surface area is 299 Å². The highest BCUT2D eigenvalue weighted by Gasteiger charge is 2.62. The predicted octanol–water partition coefficient (Wildman–Crippen LogP) is 3.40. The number of cyclic esters (lactones) is 1. The summed E-state index contributed by atoms with van der Waals surface area (Å²) < 4.78 is 38.9. The number of fused-ring (bicyclic) bond motifs is 3. The third-order valence-corrected chi connectivity index (χ3v) is 12.8. The number of sulfonamides is 1. The van der Waals surface area contributed by atoms with Gasteiger partial charge in [0.05, 0.1) is 18.4 Å². The van der Waals surface area contributed by atoms with Crippen LogP contribution < -0.4 is 15.4 Å². The molecule has 1 aromatic carbocycles. The van der Waals surface area contributed by atoms with Crippen LogP contribution >= 0.6 is 0 Å². The zero-order valence-electron chi connectivity index (χ0n) is 29.6. The van der Waals surface area contributed by atoms with E-state index in [9.17, 15) is 32.4 Å². The largest absolute Gasteiger partial charge is 0.450 e. The summed E-state index contributed by atoms with van der Waals surface area (Å²) in [6.45, 7) is 4.73. The highest BCUT2D eigenvalue weighted by Crippen LogP contribution is 2.47. The van der Waals surface area contributed by atoms with Crippen molar-refractivity contribution in [3.05, 3.63) is 34.9 Å². The van der Waals surface area contributed by atoms with E-state index in [4.69, 9.17) is 9.47 Å². The quantitative estimate of drug-likeness (QED) is 0.343. The van der Waals surface area contributed by atoms with E-state index in [-0.39, 0.29) is 31.9 Å². The maximum Gasteiger partial charge on any atom is 0.410 e. The van der Waals surface area contributed by atoms with Gasteiger partial charge in [0, 0.05) is 19.5 Å². The molecule has 3 aliphatic heterocycles. The van der Waals surface area contributed by atoms with Crippen molar-refractivity contribution in [3.63, 3.8) is 0 Å². The van der Waals surface area contributed by atoms with Crippen molar-refractivity contribution in [3.8, 4) is 0 Å². The van der Waals surface area contributed by atoms with Gasteiger partial charge in [-0.15, -0.1) is 0 Å². The third kappa shape index (κ3) is 8.28. The van der Waals surface area contributed by atoms with Gasteiger partial charge in [-0.05, 0) is 67.6 Å². The molecule has 3 fully saturated rings. The van der Waals surface area contributed by atoms with Crippen LogP contribution in [0, 0.1) is 5.92 Å². The summed E-state index contributed by atoms with van der Waals surface area (Å²) in [5.41, 5.74) is 1.93. The van der Waals surface area contributed by atoms with Gasteiger partial charge >= 0.3 is 12.2 Å². The lowest BCUT2D eigenvalue weighted by Gasteiger charge is -2.29. The molecular formula is C36H51N5O9S. The molecule has 6 rings (SSSR count). The first-order valence-corrected chi connectivity index (χ1v) is 20.2. The highest BCUT2D eigenvalue weighted by atomic mass is 32.2. The molecule has 15 heteroatoms. The van der Waals surface area contributed by atoms with Gasteiger partial charge < -0.3 is 25.0 Å². The Morgan fingerprint density at radius 1 is 1.04 bits per heavy atom. The van der Waals surface area contributed by atoms with E-state index in [0.717, 1.165) is 43.2 Å². The standard InChI is InChI=1S/C36H51N5O9S/c1-3-5-14-29-32(43)41-21-26(18-30(41)31(42)38-36(19-25(36)4-2)33(44)39-51(47,48)27-15-16-27)50-35(46)40-20-24-13-10-12-23(28(24)22-40)11-8-6-7-9-17-49-34(45)37-29/h10,12-13,25-27,29-30H,3-9,11,14-22H2,1-2H3,(H,37,45)(H,38,42)(H,39,44)/t25-,26-,29+,30+,36-/m1/s1. The number of alkyl carbamates (subject to hydrolysis) is 1. The molecule has 5 amide bonds. The van der Waals surface area contributed by atoms with Crippen LogP contribution in [-0.2, 0) is 53.4 Å². The van der Waals surface area contributed by atoms with Gasteiger partial charge in [-0.1, -0.05) is 64.2 Å². The molecule has 0 aromatic heterocycles. The van der Waals surface area contributed by atoms with Gasteiger partial charge in [-0.3, -0.25) is 24.0 Å². The number of nitrogens with zero attached hydrogens (tertiary/aromatic N) is 2. The van der Waals surface area contributed by atoms with Gasteiger partial charge in [-0.2, -0.15) is 0 Å². The summed E-state index contributed by atoms with van der Waals surface area (Å²) in [6, 6.07) is 3.96. The summed E-state index contributed by atoms with van der Waals surface area (Å²) in [5, 5.41) is 4.91. The summed E-state index contributed by atoms with van der Waals surface area (Å²) in [7, 11) is -3.86. The number of hydrogen-bond donors (Lipinski definition) is 3. The van der Waals surface area contributed by atoms with Crippen LogP contribution in [0.1, 0.15) is 108 Å². The normalized spacial score (nSPS) is 28.7. The zero-order chi connectivity index (χ0) is 36.3. The molecule has 0 radical (unpaired) electrons. The number of ether oxygens (including phenoxy) is 2. The predicted molar refractivity (Wildman–Crippen MR) is 185 cm³/mol. The van der Waals surface area contributed by atoms with E-state index >= 15 is 0 Å². The van der Waals surface area contributed by atoms with Gasteiger partial charge in [0.2, 0.25) is 21.8 Å². The maximum absolute atomic E-state index is 14.2. The lowest BCUT2D eigenvalue weighted by atomic mass is 9.98. The fraction of sp³-hybridized carbons (Fsp3) is 0.694. The number of unbranched alkanes of at least 4 members (excludes halogenated alkanes) is 1. The first kappa shape index (κ1) is 36.9. The number of aryl methyl sites for hydroxylation is 1. The van der Waals surface area contributed by atoms with Crippen LogP contribution in [0.15, 0.2) is 18.2 Å². The molecule has 3 N–H and O–H groups in total. The van der Waals surface area contributed by atoms with E-state index in [1.165, 1.54) is 10.5 Å². The van der Waals surface area contributed by atoms with E-state index in [1.807, 2.05) is 26.0 Å². The Kier molecular flexibility index (Phi) is 11.1. The average Bonchev–Trinajstić information content (AvgIpc) is 3.99. The Balaban J connectivity index is 1.24. The number of carbonyl (C=O) groups excluding carboxylic acids is 5. The number of carbonyl (C=O) groups is 5. The fourth-order valence-electron chi connectivity index (χ4n) is 7.73. The Bertz CT molecular complexity index is 1630. The molecule has 0 spiro atoms. The van der Waals surface area contributed by atoms with Crippen molar-refractivity contribution < 1.29 is 41.9 Å². The van der Waals surface area contributed by atoms with Crippen LogP contribution in [0.4, 0.5) is 9.59 Å². The van der Waals surface area contributed by atoms with E-state index in [0.29, 0.717) is 51.6 Å². The van der Waals surface area contributed by atoms with Crippen molar-refractivity contribution in [2.24, 2.45) is 5.92 Å². The molecule has 5 aliphatic rings. The smallest absolute Gasteiger partial charge is 0.410 e. The minimum Gasteiger partial charge on any atom is -0.450 e. The molecule has 4 bridgehead atoms. The number of hydrogen-bond acceptors (Lipinski definition) is 9. The fourth-order valence-corrected chi connectivity index (χ4v) is 9.09. The van der Waals surface area contributed by atoms with Crippen molar-refractivity contribution in [1.29, 1.82) is 0 Å². The van der Waals surface area contributed by atoms with Crippen molar-refractivity contribution in [2.75, 3.05) is 13.2 Å². The molecule has 51 heavy (non-hydrogen) atoms. The first-order valence-electron chi connectivity index (χ1n) is 18.6. The Morgan fingerprint density at radius 2 is 1.80 bits per heavy atom. The first-order chi connectivity index (χ1) is 24.5. The zero-order valence-corrected chi connectivity index (χ0v) is 30.4. The van der Waals surface area contributed by atoms with Gasteiger partial charge in [0.25, 0.3) is 5.91 Å². The topological polar surface area (TPSA) is 181 Å². The van der Waals surface area contributed by atoms with Crippen molar-refractivity contribution >= 4 is 39.9 Å². The third-order valence-electron chi connectivity index (χ3n) is 11.0. The molecule has 3 heterocycles. The number of rotatable bonds is 9. The maximum atomic E-state index is 14.2. The summed E-state index contributed by atoms with van der Waals surface area (Å²) in [5.74, 6) is -2.24. The van der Waals surface area contributed by atoms with E-state index < -0.39 is 68.9 Å². The molecule has 2 aliphatic carbocycles. The molecular weight excluding hydrogens is 678 g/mol. The molecule has 280 valence electrons. The molecule has 5 atom stereocenters. The second-order valence-corrected chi connectivity index (χ2v) is 16.7. The second-order valence-electron chi connectivity index (χ2n) is 14.7. The van der Waals surface area contributed by atoms with Gasteiger partial charge in [0.1, 0.15) is 23.7 Å². The van der Waals surface area contributed by atoms with E-state index in [1.54, 1.807) is 4.90 Å². The minimum absolute atomic E-state index is 0.0326. The average molecular weight is 730 g/mol. The molecule has 0 unspecified atom stereocenters. The van der Waals surface area contributed by atoms with Gasteiger partial charge in [0.15, 0.2) is 0 Å².